The van der Waals surface area contributed by atoms with Gasteiger partial charge in [0.15, 0.2) is 0 Å². The highest BCUT2D eigenvalue weighted by atomic mass is 32.2. The van der Waals surface area contributed by atoms with Crippen LogP contribution < -0.4 is 5.14 Å². The summed E-state index contributed by atoms with van der Waals surface area (Å²) in [6, 6.07) is 0. The molecule has 0 atom stereocenters. The van der Waals surface area contributed by atoms with E-state index in [4.69, 9.17) is 5.14 Å². The minimum Gasteiger partial charge on any atom is -0.206 e. The zero-order chi connectivity index (χ0) is 5.21. The molecule has 0 aromatic rings. The zero-order valence-electron chi connectivity index (χ0n) is 3.01. The predicted molar refractivity (Wildman–Crippen MR) is 22.2 cm³/mol. The molecular weight excluding hydrogens is 102 g/mol. The molecule has 1 radical (unpaired) electrons. The van der Waals surface area contributed by atoms with Crippen molar-refractivity contribution in [2.24, 2.45) is 0 Å². The molecule has 0 unspecified atom stereocenters. The topological polar surface area (TPSA) is 57.9 Å². The molecule has 0 spiro atoms. The second-order valence-electron chi connectivity index (χ2n) is 0.712. The maximum Gasteiger partial charge on any atom is 0.246 e. The van der Waals surface area contributed by atoms with E-state index >= 15 is 0 Å². The summed E-state index contributed by atoms with van der Waals surface area (Å²) in [5, 5.41) is 6.61. The molecule has 0 saturated carbocycles. The van der Waals surface area contributed by atoms with Crippen LogP contribution in [0.2, 0.25) is 0 Å². The smallest absolute Gasteiger partial charge is 0.206 e. The Morgan fingerprint density at radius 2 is 1.83 bits per heavy atom. The van der Waals surface area contributed by atoms with Gasteiger partial charge in [-0.3, -0.25) is 0 Å². The average Bonchev–Trinajstić information content (AvgIpc) is 1.35. The molecule has 0 aliphatic rings. The molecule has 0 rings (SSSR count). The number of hydrogen-bond acceptors (Lipinski definition) is 2. The van der Waals surface area contributed by atoms with Gasteiger partial charge in [-0.05, 0) is 0 Å². The third-order valence-corrected chi connectivity index (χ3v) is 0.658. The molecule has 6 heavy (non-hydrogen) atoms. The number of rotatable bonds is 1. The SMILES string of the molecule is C=CS([NH])(=O)=O. The maximum absolute atomic E-state index is 9.55. The van der Waals surface area contributed by atoms with Gasteiger partial charge < -0.3 is 0 Å². The fourth-order valence-corrected chi connectivity index (χ4v) is 0. The fourth-order valence-electron chi connectivity index (χ4n) is 0. The van der Waals surface area contributed by atoms with E-state index in [1.54, 1.807) is 0 Å². The lowest BCUT2D eigenvalue weighted by Crippen LogP contribution is -1.90. The van der Waals surface area contributed by atoms with E-state index in [0.717, 1.165) is 0 Å². The van der Waals surface area contributed by atoms with Crippen molar-refractivity contribution in [3.8, 4) is 0 Å². The van der Waals surface area contributed by atoms with Gasteiger partial charge in [-0.2, -0.15) is 0 Å². The van der Waals surface area contributed by atoms with E-state index in [2.05, 4.69) is 6.58 Å². The van der Waals surface area contributed by atoms with Crippen LogP contribution >= 0.6 is 0 Å². The third-order valence-electron chi connectivity index (χ3n) is 0.219. The van der Waals surface area contributed by atoms with Gasteiger partial charge in [0, 0.05) is 5.41 Å². The van der Waals surface area contributed by atoms with Gasteiger partial charge in [0.05, 0.1) is 0 Å². The largest absolute Gasteiger partial charge is 0.246 e. The molecule has 0 saturated heterocycles. The minimum absolute atomic E-state index is 0.576. The van der Waals surface area contributed by atoms with E-state index in [0.29, 0.717) is 5.41 Å². The highest BCUT2D eigenvalue weighted by molar-refractivity contribution is 7.91. The lowest BCUT2D eigenvalue weighted by Gasteiger charge is -1.72. The summed E-state index contributed by atoms with van der Waals surface area (Å²) in [5.41, 5.74) is 0. The molecule has 4 heteroatoms. The lowest BCUT2D eigenvalue weighted by atomic mass is 11.3. The first-order valence-electron chi connectivity index (χ1n) is 1.18. The van der Waals surface area contributed by atoms with Gasteiger partial charge in [-0.1, -0.05) is 6.58 Å². The van der Waals surface area contributed by atoms with Gasteiger partial charge in [0.1, 0.15) is 0 Å². The Kier molecular flexibility index (Phi) is 1.32. The van der Waals surface area contributed by atoms with Crippen molar-refractivity contribution in [2.75, 3.05) is 0 Å². The van der Waals surface area contributed by atoms with Gasteiger partial charge in [-0.15, -0.1) is 5.14 Å². The predicted octanol–water partition coefficient (Wildman–Crippen LogP) is -0.257. The summed E-state index contributed by atoms with van der Waals surface area (Å²) >= 11 is 0. The van der Waals surface area contributed by atoms with Crippen LogP contribution in [0.4, 0.5) is 0 Å². The molecule has 0 heterocycles. The van der Waals surface area contributed by atoms with Crippen molar-refractivity contribution < 1.29 is 8.42 Å². The number of sulfonamides is 1. The van der Waals surface area contributed by atoms with Crippen LogP contribution in [0.25, 0.3) is 0 Å². The van der Waals surface area contributed by atoms with Crippen LogP contribution in [-0.4, -0.2) is 8.42 Å². The van der Waals surface area contributed by atoms with Crippen LogP contribution in [0.1, 0.15) is 0 Å². The molecule has 0 fully saturated rings. The second kappa shape index (κ2) is 1.40. The normalized spacial score (nSPS) is 10.8. The van der Waals surface area contributed by atoms with E-state index < -0.39 is 10.0 Å². The van der Waals surface area contributed by atoms with Crippen molar-refractivity contribution in [3.05, 3.63) is 12.0 Å². The average molecular weight is 106 g/mol. The molecule has 0 aliphatic heterocycles. The van der Waals surface area contributed by atoms with Crippen molar-refractivity contribution >= 4 is 10.0 Å². The van der Waals surface area contributed by atoms with Gasteiger partial charge in [0.2, 0.25) is 10.0 Å². The van der Waals surface area contributed by atoms with Gasteiger partial charge >= 0.3 is 0 Å². The Bertz CT molecular complexity index is 122. The van der Waals surface area contributed by atoms with Crippen molar-refractivity contribution in [1.29, 1.82) is 0 Å². The van der Waals surface area contributed by atoms with E-state index in [9.17, 15) is 8.42 Å². The first-order chi connectivity index (χ1) is 2.56. The molecule has 0 aromatic heterocycles. The van der Waals surface area contributed by atoms with Crippen LogP contribution in [0.15, 0.2) is 12.0 Å². The Morgan fingerprint density at radius 1 is 1.67 bits per heavy atom. The molecule has 0 amide bonds. The van der Waals surface area contributed by atoms with E-state index in [1.165, 1.54) is 0 Å². The number of hydrogen-bond donors (Lipinski definition) is 0. The Labute approximate surface area is 36.5 Å². The molecule has 35 valence electrons. The van der Waals surface area contributed by atoms with Crippen LogP contribution in [0.3, 0.4) is 0 Å². The Balaban J connectivity index is 4.25. The van der Waals surface area contributed by atoms with Crippen LogP contribution in [0, 0.1) is 0 Å². The third kappa shape index (κ3) is 3.65. The highest BCUT2D eigenvalue weighted by Gasteiger charge is 1.87. The molecular formula is C2H4NO2S. The van der Waals surface area contributed by atoms with E-state index in [-0.39, 0.29) is 0 Å². The molecule has 1 N–H and O–H groups in total. The molecule has 0 aliphatic carbocycles. The highest BCUT2D eigenvalue weighted by Crippen LogP contribution is 1.73. The van der Waals surface area contributed by atoms with Crippen molar-refractivity contribution in [3.63, 3.8) is 0 Å². The Hall–Kier alpha value is -0.350. The molecule has 0 aromatic carbocycles. The fraction of sp³-hybridized carbons (Fsp3) is 0. The summed E-state index contributed by atoms with van der Waals surface area (Å²) in [7, 11) is -3.65. The monoisotopic (exact) mass is 106 g/mol. The summed E-state index contributed by atoms with van der Waals surface area (Å²) in [6.07, 6.45) is 0. The van der Waals surface area contributed by atoms with Crippen LogP contribution in [-0.2, 0) is 10.0 Å². The van der Waals surface area contributed by atoms with Crippen LogP contribution in [0.5, 0.6) is 0 Å². The van der Waals surface area contributed by atoms with E-state index in [1.807, 2.05) is 0 Å². The Morgan fingerprint density at radius 3 is 1.83 bits per heavy atom. The number of nitrogens with one attached hydrogen (secondary N) is 1. The van der Waals surface area contributed by atoms with Gasteiger partial charge in [0.25, 0.3) is 0 Å². The summed E-state index contributed by atoms with van der Waals surface area (Å²) < 4.78 is 19.1. The summed E-state index contributed by atoms with van der Waals surface area (Å²) in [4.78, 5) is 0. The van der Waals surface area contributed by atoms with Gasteiger partial charge in [-0.25, -0.2) is 8.42 Å². The second-order valence-corrected chi connectivity index (χ2v) is 2.14. The molecule has 0 bridgehead atoms. The lowest BCUT2D eigenvalue weighted by molar-refractivity contribution is 0.605. The first-order valence-corrected chi connectivity index (χ1v) is 2.73. The standard InChI is InChI=1S/C2H4NO2S/c1-2-6(3,4)5/h2-3H,1H2. The van der Waals surface area contributed by atoms with Crippen molar-refractivity contribution in [2.45, 2.75) is 0 Å². The molecule has 3 nitrogen and oxygen atoms in total. The first kappa shape index (κ1) is 5.65. The summed E-state index contributed by atoms with van der Waals surface area (Å²) in [5.74, 6) is 0. The minimum atomic E-state index is -3.65. The maximum atomic E-state index is 9.55. The van der Waals surface area contributed by atoms with Crippen molar-refractivity contribution in [1.82, 2.24) is 5.14 Å². The zero-order valence-corrected chi connectivity index (χ0v) is 3.83. The summed E-state index contributed by atoms with van der Waals surface area (Å²) in [6.45, 7) is 2.86. The quantitative estimate of drug-likeness (QED) is 0.462.